The molecule has 0 aromatic rings. The Bertz CT molecular complexity index is 197. The maximum Gasteiger partial charge on any atom is 0.237 e. The average molecular weight is 214 g/mol. The minimum absolute atomic E-state index is 0.242. The highest BCUT2D eigenvalue weighted by Gasteiger charge is 2.28. The van der Waals surface area contributed by atoms with Crippen LogP contribution in [0.4, 0.5) is 0 Å². The molecule has 1 unspecified atom stereocenters. The van der Waals surface area contributed by atoms with Crippen LogP contribution in [-0.4, -0.2) is 43.8 Å². The van der Waals surface area contributed by atoms with Gasteiger partial charge in [0.25, 0.3) is 0 Å². The first kappa shape index (κ1) is 12.5. The van der Waals surface area contributed by atoms with Crippen LogP contribution in [0.2, 0.25) is 0 Å². The number of rotatable bonds is 7. The summed E-state index contributed by atoms with van der Waals surface area (Å²) >= 11 is 0. The lowest BCUT2D eigenvalue weighted by atomic mass is 10.2. The third-order valence-electron chi connectivity index (χ3n) is 2.75. The maximum absolute atomic E-state index is 11.6. The minimum atomic E-state index is 0.242. The standard InChI is InChI=1S/C11H22N2O2/c1-3-6-10-12-9-11(14)13(10)7-4-5-8-15-2/h10,12H,3-9H2,1-2H3. The van der Waals surface area contributed by atoms with Gasteiger partial charge in [-0.3, -0.25) is 10.1 Å². The molecule has 0 bridgehead atoms. The second-order valence-electron chi connectivity index (χ2n) is 3.97. The Hall–Kier alpha value is -0.610. The zero-order valence-corrected chi connectivity index (χ0v) is 9.79. The largest absolute Gasteiger partial charge is 0.385 e. The Morgan fingerprint density at radius 1 is 1.53 bits per heavy atom. The van der Waals surface area contributed by atoms with Crippen LogP contribution in [0.3, 0.4) is 0 Å². The zero-order valence-electron chi connectivity index (χ0n) is 9.79. The topological polar surface area (TPSA) is 41.6 Å². The summed E-state index contributed by atoms with van der Waals surface area (Å²) in [5.41, 5.74) is 0. The van der Waals surface area contributed by atoms with Gasteiger partial charge in [-0.2, -0.15) is 0 Å². The number of nitrogens with one attached hydrogen (secondary N) is 1. The molecule has 1 amide bonds. The van der Waals surface area contributed by atoms with Gasteiger partial charge in [-0.25, -0.2) is 0 Å². The lowest BCUT2D eigenvalue weighted by molar-refractivity contribution is -0.128. The Morgan fingerprint density at radius 2 is 2.33 bits per heavy atom. The monoisotopic (exact) mass is 214 g/mol. The highest BCUT2D eigenvalue weighted by molar-refractivity contribution is 5.80. The molecule has 0 saturated carbocycles. The number of hydrogen-bond donors (Lipinski definition) is 1. The van der Waals surface area contributed by atoms with E-state index in [1.54, 1.807) is 7.11 Å². The number of carbonyl (C=O) groups is 1. The fourth-order valence-corrected chi connectivity index (χ4v) is 1.93. The van der Waals surface area contributed by atoms with Crippen molar-refractivity contribution in [2.24, 2.45) is 0 Å². The van der Waals surface area contributed by atoms with Gasteiger partial charge < -0.3 is 9.64 Å². The molecule has 4 nitrogen and oxygen atoms in total. The molecule has 1 heterocycles. The molecule has 0 aliphatic carbocycles. The van der Waals surface area contributed by atoms with Gasteiger partial charge in [0.15, 0.2) is 0 Å². The summed E-state index contributed by atoms with van der Waals surface area (Å²) in [6.45, 7) is 4.30. The quantitative estimate of drug-likeness (QED) is 0.642. The van der Waals surface area contributed by atoms with Crippen molar-refractivity contribution in [3.63, 3.8) is 0 Å². The van der Waals surface area contributed by atoms with E-state index in [0.717, 1.165) is 38.8 Å². The van der Waals surface area contributed by atoms with Gasteiger partial charge in [0, 0.05) is 20.3 Å². The van der Waals surface area contributed by atoms with Gasteiger partial charge in [0.2, 0.25) is 5.91 Å². The van der Waals surface area contributed by atoms with Crippen LogP contribution in [0, 0.1) is 0 Å². The predicted molar refractivity (Wildman–Crippen MR) is 59.5 cm³/mol. The van der Waals surface area contributed by atoms with Gasteiger partial charge in [-0.1, -0.05) is 13.3 Å². The lowest BCUT2D eigenvalue weighted by Gasteiger charge is -2.23. The van der Waals surface area contributed by atoms with Crippen LogP contribution in [-0.2, 0) is 9.53 Å². The second-order valence-corrected chi connectivity index (χ2v) is 3.97. The van der Waals surface area contributed by atoms with E-state index in [2.05, 4.69) is 12.2 Å². The zero-order chi connectivity index (χ0) is 11.1. The third kappa shape index (κ3) is 3.80. The Morgan fingerprint density at radius 3 is 3.00 bits per heavy atom. The fourth-order valence-electron chi connectivity index (χ4n) is 1.93. The smallest absolute Gasteiger partial charge is 0.237 e. The molecule has 4 heteroatoms. The molecule has 0 radical (unpaired) electrons. The van der Waals surface area contributed by atoms with Crippen molar-refractivity contribution in [1.29, 1.82) is 0 Å². The molecule has 1 aliphatic rings. The first-order valence-corrected chi connectivity index (χ1v) is 5.81. The van der Waals surface area contributed by atoms with E-state index < -0.39 is 0 Å². The van der Waals surface area contributed by atoms with Crippen molar-refractivity contribution in [2.45, 2.75) is 38.8 Å². The summed E-state index contributed by atoms with van der Waals surface area (Å²) in [6, 6.07) is 0. The first-order chi connectivity index (χ1) is 7.29. The number of amides is 1. The summed E-state index contributed by atoms with van der Waals surface area (Å²) in [4.78, 5) is 13.5. The van der Waals surface area contributed by atoms with E-state index in [9.17, 15) is 4.79 Å². The van der Waals surface area contributed by atoms with Crippen molar-refractivity contribution >= 4 is 5.91 Å². The molecule has 1 aliphatic heterocycles. The molecular weight excluding hydrogens is 192 g/mol. The molecule has 15 heavy (non-hydrogen) atoms. The van der Waals surface area contributed by atoms with Crippen LogP contribution < -0.4 is 5.32 Å². The Balaban J connectivity index is 2.26. The van der Waals surface area contributed by atoms with E-state index in [0.29, 0.717) is 6.54 Å². The van der Waals surface area contributed by atoms with Crippen LogP contribution in [0.15, 0.2) is 0 Å². The van der Waals surface area contributed by atoms with Gasteiger partial charge in [0.1, 0.15) is 0 Å². The van der Waals surface area contributed by atoms with Gasteiger partial charge in [-0.05, 0) is 19.3 Å². The van der Waals surface area contributed by atoms with E-state index in [1.807, 2.05) is 4.90 Å². The maximum atomic E-state index is 11.6. The summed E-state index contributed by atoms with van der Waals surface area (Å²) < 4.78 is 4.99. The van der Waals surface area contributed by atoms with Crippen LogP contribution in [0.25, 0.3) is 0 Å². The molecule has 1 saturated heterocycles. The fraction of sp³-hybridized carbons (Fsp3) is 0.909. The summed E-state index contributed by atoms with van der Waals surface area (Å²) in [7, 11) is 1.71. The van der Waals surface area contributed by atoms with Crippen LogP contribution in [0.1, 0.15) is 32.6 Å². The number of ether oxygens (including phenoxy) is 1. The molecular formula is C11H22N2O2. The molecule has 1 rings (SSSR count). The van der Waals surface area contributed by atoms with Crippen molar-refractivity contribution in [2.75, 3.05) is 26.8 Å². The Kier molecular flexibility index (Phi) is 5.65. The van der Waals surface area contributed by atoms with Gasteiger partial charge >= 0.3 is 0 Å². The molecule has 1 atom stereocenters. The summed E-state index contributed by atoms with van der Waals surface area (Å²) in [5, 5.41) is 3.24. The average Bonchev–Trinajstić information content (AvgIpc) is 2.56. The number of methoxy groups -OCH3 is 1. The second kappa shape index (κ2) is 6.80. The molecule has 0 aromatic heterocycles. The van der Waals surface area contributed by atoms with E-state index >= 15 is 0 Å². The third-order valence-corrected chi connectivity index (χ3v) is 2.75. The highest BCUT2D eigenvalue weighted by Crippen LogP contribution is 2.11. The predicted octanol–water partition coefficient (Wildman–Crippen LogP) is 0.971. The number of hydrogen-bond acceptors (Lipinski definition) is 3. The molecule has 1 fully saturated rings. The van der Waals surface area contributed by atoms with E-state index in [1.165, 1.54) is 0 Å². The van der Waals surface area contributed by atoms with Crippen molar-refractivity contribution in [3.05, 3.63) is 0 Å². The number of nitrogens with zero attached hydrogens (tertiary/aromatic N) is 1. The van der Waals surface area contributed by atoms with Crippen molar-refractivity contribution < 1.29 is 9.53 Å². The molecule has 1 N–H and O–H groups in total. The summed E-state index contributed by atoms with van der Waals surface area (Å²) in [5.74, 6) is 0.242. The normalized spacial score (nSPS) is 21.3. The minimum Gasteiger partial charge on any atom is -0.385 e. The molecule has 0 spiro atoms. The first-order valence-electron chi connectivity index (χ1n) is 5.81. The van der Waals surface area contributed by atoms with Gasteiger partial charge in [-0.15, -0.1) is 0 Å². The van der Waals surface area contributed by atoms with Crippen LogP contribution in [0.5, 0.6) is 0 Å². The SMILES string of the molecule is CCCC1NCC(=O)N1CCCCOC. The van der Waals surface area contributed by atoms with Crippen LogP contribution >= 0.6 is 0 Å². The molecule has 0 aromatic carbocycles. The van der Waals surface area contributed by atoms with Crippen molar-refractivity contribution in [3.8, 4) is 0 Å². The van der Waals surface area contributed by atoms with E-state index in [4.69, 9.17) is 4.74 Å². The lowest BCUT2D eigenvalue weighted by Crippen LogP contribution is -2.37. The molecule has 88 valence electrons. The van der Waals surface area contributed by atoms with Gasteiger partial charge in [0.05, 0.1) is 12.7 Å². The number of unbranched alkanes of at least 4 members (excludes halogenated alkanes) is 1. The Labute approximate surface area is 92.0 Å². The highest BCUT2D eigenvalue weighted by atomic mass is 16.5. The summed E-state index contributed by atoms with van der Waals surface area (Å²) in [6.07, 6.45) is 4.49. The van der Waals surface area contributed by atoms with Crippen molar-refractivity contribution in [1.82, 2.24) is 10.2 Å². The number of carbonyl (C=O) groups excluding carboxylic acids is 1. The van der Waals surface area contributed by atoms with E-state index in [-0.39, 0.29) is 12.1 Å².